The maximum atomic E-state index is 11.9. The van der Waals surface area contributed by atoms with E-state index in [0.29, 0.717) is 0 Å². The fourth-order valence-electron chi connectivity index (χ4n) is 1.61. The quantitative estimate of drug-likeness (QED) is 0.513. The molecule has 0 bridgehead atoms. The second kappa shape index (κ2) is 7.10. The molecule has 1 N–H and O–H groups in total. The van der Waals surface area contributed by atoms with E-state index >= 15 is 0 Å². The molecule has 0 unspecified atom stereocenters. The number of amides is 1. The topological polar surface area (TPSA) is 72.2 Å². The lowest BCUT2D eigenvalue weighted by atomic mass is 10.2. The van der Waals surface area contributed by atoms with E-state index in [-0.39, 0.29) is 28.1 Å². The van der Waals surface area contributed by atoms with Crippen molar-refractivity contribution in [1.82, 2.24) is 0 Å². The summed E-state index contributed by atoms with van der Waals surface area (Å²) in [6, 6.07) is 13.6. The van der Waals surface area contributed by atoms with E-state index in [1.807, 2.05) is 30.3 Å². The van der Waals surface area contributed by atoms with Crippen molar-refractivity contribution >= 4 is 40.6 Å². The van der Waals surface area contributed by atoms with Gasteiger partial charge in [-0.3, -0.25) is 14.9 Å². The third-order valence-corrected chi connectivity index (χ3v) is 3.79. The molecular weight excluding hydrogens is 312 g/mol. The largest absolute Gasteiger partial charge is 0.320 e. The molecule has 0 heterocycles. The number of rotatable bonds is 5. The Labute approximate surface area is 130 Å². The van der Waals surface area contributed by atoms with Crippen LogP contribution >= 0.6 is 23.4 Å². The molecule has 0 aliphatic heterocycles. The van der Waals surface area contributed by atoms with Gasteiger partial charge < -0.3 is 5.32 Å². The van der Waals surface area contributed by atoms with Crippen LogP contribution < -0.4 is 5.32 Å². The Balaban J connectivity index is 2.01. The molecule has 0 fully saturated rings. The Morgan fingerprint density at radius 2 is 1.95 bits per heavy atom. The third kappa shape index (κ3) is 4.47. The summed E-state index contributed by atoms with van der Waals surface area (Å²) >= 11 is 7.07. The Morgan fingerprint density at radius 3 is 2.62 bits per heavy atom. The SMILES string of the molecule is O=C(CSc1ccccc1)Nc1ccc(Cl)cc1[N+](=O)[O-]. The molecule has 0 saturated carbocycles. The van der Waals surface area contributed by atoms with Crippen molar-refractivity contribution in [2.24, 2.45) is 0 Å². The van der Waals surface area contributed by atoms with Gasteiger partial charge in [0.15, 0.2) is 0 Å². The number of nitro groups is 1. The van der Waals surface area contributed by atoms with E-state index in [2.05, 4.69) is 5.32 Å². The summed E-state index contributed by atoms with van der Waals surface area (Å²) in [5, 5.41) is 13.7. The Morgan fingerprint density at radius 1 is 1.24 bits per heavy atom. The molecule has 0 aliphatic carbocycles. The average molecular weight is 323 g/mol. The zero-order chi connectivity index (χ0) is 15.2. The van der Waals surface area contributed by atoms with Gasteiger partial charge in [-0.25, -0.2) is 0 Å². The molecule has 2 rings (SSSR count). The lowest BCUT2D eigenvalue weighted by molar-refractivity contribution is -0.383. The van der Waals surface area contributed by atoms with E-state index in [1.54, 1.807) is 0 Å². The molecule has 0 aliphatic rings. The molecule has 2 aromatic rings. The summed E-state index contributed by atoms with van der Waals surface area (Å²) in [6.07, 6.45) is 0. The van der Waals surface area contributed by atoms with Crippen molar-refractivity contribution < 1.29 is 9.72 Å². The van der Waals surface area contributed by atoms with Crippen LogP contribution in [0.5, 0.6) is 0 Å². The van der Waals surface area contributed by atoms with Crippen molar-refractivity contribution in [3.05, 3.63) is 63.7 Å². The number of nitrogens with one attached hydrogen (secondary N) is 1. The molecule has 0 atom stereocenters. The Hall–Kier alpha value is -2.05. The number of anilines is 1. The number of hydrogen-bond acceptors (Lipinski definition) is 4. The number of halogens is 1. The van der Waals surface area contributed by atoms with Crippen LogP contribution in [0.25, 0.3) is 0 Å². The first-order valence-electron chi connectivity index (χ1n) is 5.98. The highest BCUT2D eigenvalue weighted by molar-refractivity contribution is 8.00. The molecule has 2 aromatic carbocycles. The summed E-state index contributed by atoms with van der Waals surface area (Å²) in [5.74, 6) is -0.140. The molecular formula is C14H11ClN2O3S. The standard InChI is InChI=1S/C14H11ClN2O3S/c15-10-6-7-12(13(8-10)17(19)20)16-14(18)9-21-11-4-2-1-3-5-11/h1-8H,9H2,(H,16,18). The van der Waals surface area contributed by atoms with Gasteiger partial charge in [-0.15, -0.1) is 11.8 Å². The maximum Gasteiger partial charge on any atom is 0.294 e. The highest BCUT2D eigenvalue weighted by Crippen LogP contribution is 2.28. The number of carbonyl (C=O) groups is 1. The van der Waals surface area contributed by atoms with Gasteiger partial charge in [0.25, 0.3) is 5.69 Å². The highest BCUT2D eigenvalue weighted by atomic mass is 35.5. The molecule has 5 nitrogen and oxygen atoms in total. The van der Waals surface area contributed by atoms with E-state index < -0.39 is 4.92 Å². The molecule has 0 aromatic heterocycles. The van der Waals surface area contributed by atoms with Gasteiger partial charge >= 0.3 is 0 Å². The Bertz CT molecular complexity index is 665. The van der Waals surface area contributed by atoms with Gasteiger partial charge in [-0.2, -0.15) is 0 Å². The van der Waals surface area contributed by atoms with Gasteiger partial charge in [0.2, 0.25) is 5.91 Å². The van der Waals surface area contributed by atoms with Crippen LogP contribution in [0.15, 0.2) is 53.4 Å². The molecule has 0 spiro atoms. The second-order valence-electron chi connectivity index (χ2n) is 4.07. The maximum absolute atomic E-state index is 11.9. The van der Waals surface area contributed by atoms with Crippen molar-refractivity contribution in [3.8, 4) is 0 Å². The zero-order valence-corrected chi connectivity index (χ0v) is 12.4. The van der Waals surface area contributed by atoms with Crippen molar-refractivity contribution in [3.63, 3.8) is 0 Å². The summed E-state index contributed by atoms with van der Waals surface area (Å²) in [5.41, 5.74) is -0.0800. The number of nitrogens with zero attached hydrogens (tertiary/aromatic N) is 1. The van der Waals surface area contributed by atoms with Crippen LogP contribution in [0.3, 0.4) is 0 Å². The lowest BCUT2D eigenvalue weighted by Gasteiger charge is -2.06. The summed E-state index contributed by atoms with van der Waals surface area (Å²) in [7, 11) is 0. The number of thioether (sulfide) groups is 1. The molecule has 0 saturated heterocycles. The van der Waals surface area contributed by atoms with Crippen molar-refractivity contribution in [2.75, 3.05) is 11.1 Å². The fourth-order valence-corrected chi connectivity index (χ4v) is 2.50. The lowest BCUT2D eigenvalue weighted by Crippen LogP contribution is -2.15. The van der Waals surface area contributed by atoms with Crippen LogP contribution in [-0.2, 0) is 4.79 Å². The van der Waals surface area contributed by atoms with Gasteiger partial charge in [-0.1, -0.05) is 29.8 Å². The number of benzene rings is 2. The monoisotopic (exact) mass is 322 g/mol. The molecule has 108 valence electrons. The van der Waals surface area contributed by atoms with E-state index in [9.17, 15) is 14.9 Å². The second-order valence-corrected chi connectivity index (χ2v) is 5.55. The predicted octanol–water partition coefficient (Wildman–Crippen LogP) is 3.98. The first-order valence-corrected chi connectivity index (χ1v) is 7.34. The number of hydrogen-bond donors (Lipinski definition) is 1. The first kappa shape index (κ1) is 15.3. The predicted molar refractivity (Wildman–Crippen MR) is 83.9 cm³/mol. The Kier molecular flexibility index (Phi) is 5.19. The van der Waals surface area contributed by atoms with Crippen LogP contribution in [0.4, 0.5) is 11.4 Å². The van der Waals surface area contributed by atoms with Crippen LogP contribution in [-0.4, -0.2) is 16.6 Å². The van der Waals surface area contributed by atoms with Gasteiger partial charge in [0.05, 0.1) is 10.7 Å². The molecule has 7 heteroatoms. The normalized spacial score (nSPS) is 10.1. The average Bonchev–Trinajstić information content (AvgIpc) is 2.48. The van der Waals surface area contributed by atoms with Crippen LogP contribution in [0.2, 0.25) is 5.02 Å². The summed E-state index contributed by atoms with van der Waals surface area (Å²) in [4.78, 5) is 23.2. The third-order valence-electron chi connectivity index (χ3n) is 2.54. The zero-order valence-electron chi connectivity index (χ0n) is 10.8. The number of carbonyl (C=O) groups excluding carboxylic acids is 1. The summed E-state index contributed by atoms with van der Waals surface area (Å²) in [6.45, 7) is 0. The number of nitro benzene ring substituents is 1. The minimum atomic E-state index is -0.578. The minimum absolute atomic E-state index is 0.142. The smallest absolute Gasteiger partial charge is 0.294 e. The van der Waals surface area contributed by atoms with Gasteiger partial charge in [0, 0.05) is 16.0 Å². The first-order chi connectivity index (χ1) is 10.1. The van der Waals surface area contributed by atoms with E-state index in [0.717, 1.165) is 4.90 Å². The van der Waals surface area contributed by atoms with E-state index in [1.165, 1.54) is 30.0 Å². The fraction of sp³-hybridized carbons (Fsp3) is 0.0714. The minimum Gasteiger partial charge on any atom is -0.320 e. The van der Waals surface area contributed by atoms with E-state index in [4.69, 9.17) is 11.6 Å². The van der Waals surface area contributed by atoms with Crippen molar-refractivity contribution in [1.29, 1.82) is 0 Å². The van der Waals surface area contributed by atoms with Crippen molar-refractivity contribution in [2.45, 2.75) is 4.90 Å². The summed E-state index contributed by atoms with van der Waals surface area (Å²) < 4.78 is 0. The molecule has 0 radical (unpaired) electrons. The van der Waals surface area contributed by atoms with Gasteiger partial charge in [0.1, 0.15) is 5.69 Å². The van der Waals surface area contributed by atoms with Crippen LogP contribution in [0.1, 0.15) is 0 Å². The molecule has 1 amide bonds. The van der Waals surface area contributed by atoms with Gasteiger partial charge in [-0.05, 0) is 24.3 Å². The molecule has 21 heavy (non-hydrogen) atoms. The highest BCUT2D eigenvalue weighted by Gasteiger charge is 2.16. The van der Waals surface area contributed by atoms with Crippen LogP contribution in [0, 0.1) is 10.1 Å².